The zero-order valence-corrected chi connectivity index (χ0v) is 11.7. The fourth-order valence-corrected chi connectivity index (χ4v) is 1.62. The van der Waals surface area contributed by atoms with Gasteiger partial charge in [-0.05, 0) is 31.6 Å². The van der Waals surface area contributed by atoms with Crippen molar-refractivity contribution in [2.75, 3.05) is 7.11 Å². The molecule has 0 atom stereocenters. The summed E-state index contributed by atoms with van der Waals surface area (Å²) in [7, 11) is 1.51. The number of hydrogen-bond acceptors (Lipinski definition) is 4. The largest absolute Gasteiger partial charge is 0.493 e. The molecule has 0 fully saturated rings. The van der Waals surface area contributed by atoms with Crippen LogP contribution in [0.25, 0.3) is 6.08 Å². The van der Waals surface area contributed by atoms with Gasteiger partial charge in [-0.2, -0.15) is 10.5 Å². The topological polar surface area (TPSA) is 66.0 Å². The van der Waals surface area contributed by atoms with Crippen molar-refractivity contribution in [2.45, 2.75) is 20.0 Å². The second-order valence-corrected chi connectivity index (χ2v) is 4.38. The van der Waals surface area contributed by atoms with Crippen molar-refractivity contribution in [1.29, 1.82) is 10.5 Å². The van der Waals surface area contributed by atoms with Crippen LogP contribution in [0.2, 0.25) is 5.02 Å². The van der Waals surface area contributed by atoms with Gasteiger partial charge in [0.05, 0.1) is 18.2 Å². The number of nitrogens with zero attached hydrogens (tertiary/aromatic N) is 2. The van der Waals surface area contributed by atoms with Crippen LogP contribution in [0.15, 0.2) is 17.7 Å². The van der Waals surface area contributed by atoms with Crippen molar-refractivity contribution in [3.8, 4) is 23.6 Å². The molecule has 0 aliphatic carbocycles. The van der Waals surface area contributed by atoms with E-state index in [1.165, 1.54) is 13.2 Å². The van der Waals surface area contributed by atoms with E-state index >= 15 is 0 Å². The van der Waals surface area contributed by atoms with E-state index < -0.39 is 0 Å². The first-order valence-electron chi connectivity index (χ1n) is 5.58. The number of rotatable bonds is 4. The van der Waals surface area contributed by atoms with Gasteiger partial charge in [0.15, 0.2) is 11.5 Å². The van der Waals surface area contributed by atoms with Crippen LogP contribution in [0.1, 0.15) is 19.4 Å². The van der Waals surface area contributed by atoms with Gasteiger partial charge in [-0.25, -0.2) is 0 Å². The third-order valence-corrected chi connectivity index (χ3v) is 2.51. The fraction of sp³-hybridized carbons (Fsp3) is 0.286. The minimum atomic E-state index is -0.0264. The normalized spacial score (nSPS) is 9.42. The molecule has 0 radical (unpaired) electrons. The summed E-state index contributed by atoms with van der Waals surface area (Å²) in [5.41, 5.74) is 0.509. The Balaban J connectivity index is 3.29. The number of halogens is 1. The highest BCUT2D eigenvalue weighted by atomic mass is 35.5. The van der Waals surface area contributed by atoms with Crippen molar-refractivity contribution in [3.63, 3.8) is 0 Å². The van der Waals surface area contributed by atoms with E-state index in [1.54, 1.807) is 24.3 Å². The molecule has 0 aromatic heterocycles. The first-order valence-corrected chi connectivity index (χ1v) is 5.95. The van der Waals surface area contributed by atoms with Gasteiger partial charge >= 0.3 is 0 Å². The maximum absolute atomic E-state index is 8.74. The molecule has 5 heteroatoms. The number of ether oxygens (including phenoxy) is 2. The predicted octanol–water partition coefficient (Wildman–Crippen LogP) is 3.57. The molecular weight excluding hydrogens is 264 g/mol. The van der Waals surface area contributed by atoms with E-state index in [-0.39, 0.29) is 11.7 Å². The van der Waals surface area contributed by atoms with Gasteiger partial charge in [0.2, 0.25) is 0 Å². The van der Waals surface area contributed by atoms with Crippen LogP contribution in [0.4, 0.5) is 0 Å². The first-order chi connectivity index (χ1) is 9.01. The summed E-state index contributed by atoms with van der Waals surface area (Å²) in [6.07, 6.45) is 1.39. The molecule has 0 bridgehead atoms. The van der Waals surface area contributed by atoms with Gasteiger partial charge < -0.3 is 9.47 Å². The molecule has 0 saturated heterocycles. The molecule has 0 aliphatic heterocycles. The molecule has 1 aromatic rings. The Hall–Kier alpha value is -2.17. The SMILES string of the molecule is COc1cc(C=C(C#N)C#N)c(Cl)cc1OC(C)C. The van der Waals surface area contributed by atoms with Gasteiger partial charge in [0, 0.05) is 6.07 Å². The Bertz CT molecular complexity index is 564. The van der Waals surface area contributed by atoms with Gasteiger partial charge in [-0.3, -0.25) is 0 Å². The molecule has 4 nitrogen and oxygen atoms in total. The monoisotopic (exact) mass is 276 g/mol. The quantitative estimate of drug-likeness (QED) is 0.789. The molecule has 1 aromatic carbocycles. The maximum Gasteiger partial charge on any atom is 0.163 e. The summed E-state index contributed by atoms with van der Waals surface area (Å²) in [5, 5.41) is 17.9. The van der Waals surface area contributed by atoms with Crippen molar-refractivity contribution in [1.82, 2.24) is 0 Å². The fourth-order valence-electron chi connectivity index (χ4n) is 1.41. The lowest BCUT2D eigenvalue weighted by molar-refractivity contribution is 0.230. The average molecular weight is 277 g/mol. The van der Waals surface area contributed by atoms with Crippen molar-refractivity contribution < 1.29 is 9.47 Å². The molecule has 19 heavy (non-hydrogen) atoms. The second kappa shape index (κ2) is 6.68. The molecule has 0 heterocycles. The molecule has 0 N–H and O–H groups in total. The van der Waals surface area contributed by atoms with Crippen LogP contribution in [-0.4, -0.2) is 13.2 Å². The van der Waals surface area contributed by atoms with Gasteiger partial charge in [0.25, 0.3) is 0 Å². The summed E-state index contributed by atoms with van der Waals surface area (Å²) in [4.78, 5) is 0. The molecule has 0 amide bonds. The Morgan fingerprint density at radius 3 is 2.37 bits per heavy atom. The highest BCUT2D eigenvalue weighted by Crippen LogP contribution is 2.34. The van der Waals surface area contributed by atoms with E-state index in [9.17, 15) is 0 Å². The highest BCUT2D eigenvalue weighted by Gasteiger charge is 2.11. The minimum Gasteiger partial charge on any atom is -0.493 e. The van der Waals surface area contributed by atoms with Gasteiger partial charge in [0.1, 0.15) is 17.7 Å². The summed E-state index contributed by atoms with van der Waals surface area (Å²) in [6.45, 7) is 3.79. The molecule has 98 valence electrons. The van der Waals surface area contributed by atoms with Crippen molar-refractivity contribution >= 4 is 17.7 Å². The van der Waals surface area contributed by atoms with Crippen LogP contribution in [0, 0.1) is 22.7 Å². The van der Waals surface area contributed by atoms with Crippen LogP contribution in [-0.2, 0) is 0 Å². The predicted molar refractivity (Wildman–Crippen MR) is 73.0 cm³/mol. The zero-order chi connectivity index (χ0) is 14.4. The van der Waals surface area contributed by atoms with Crippen LogP contribution < -0.4 is 9.47 Å². The number of allylic oxidation sites excluding steroid dienone is 1. The van der Waals surface area contributed by atoms with Crippen LogP contribution in [0.5, 0.6) is 11.5 Å². The van der Waals surface area contributed by atoms with Gasteiger partial charge in [-0.15, -0.1) is 0 Å². The Morgan fingerprint density at radius 2 is 1.89 bits per heavy atom. The summed E-state index contributed by atoms with van der Waals surface area (Å²) in [6, 6.07) is 6.81. The number of hydrogen-bond donors (Lipinski definition) is 0. The lowest BCUT2D eigenvalue weighted by Gasteiger charge is -2.14. The third kappa shape index (κ3) is 3.91. The maximum atomic E-state index is 8.74. The lowest BCUT2D eigenvalue weighted by Crippen LogP contribution is -2.06. The second-order valence-electron chi connectivity index (χ2n) is 3.97. The van der Waals surface area contributed by atoms with E-state index in [2.05, 4.69) is 0 Å². The van der Waals surface area contributed by atoms with Crippen LogP contribution >= 0.6 is 11.6 Å². The van der Waals surface area contributed by atoms with E-state index in [0.29, 0.717) is 22.1 Å². The van der Waals surface area contributed by atoms with E-state index in [1.807, 2.05) is 13.8 Å². The molecule has 0 spiro atoms. The zero-order valence-electron chi connectivity index (χ0n) is 10.9. The molecular formula is C14H13ClN2O2. The number of benzene rings is 1. The molecule has 1 rings (SSSR count). The molecule has 0 unspecified atom stereocenters. The van der Waals surface area contributed by atoms with E-state index in [0.717, 1.165) is 0 Å². The Labute approximate surface area is 117 Å². The Kier molecular flexibility index (Phi) is 5.23. The lowest BCUT2D eigenvalue weighted by atomic mass is 10.1. The summed E-state index contributed by atoms with van der Waals surface area (Å²) >= 11 is 6.10. The smallest absolute Gasteiger partial charge is 0.163 e. The summed E-state index contributed by atoms with van der Waals surface area (Å²) in [5.74, 6) is 1.02. The molecule has 0 saturated carbocycles. The highest BCUT2D eigenvalue weighted by molar-refractivity contribution is 6.32. The van der Waals surface area contributed by atoms with Crippen molar-refractivity contribution in [3.05, 3.63) is 28.3 Å². The number of nitriles is 2. The minimum absolute atomic E-state index is 0.0138. The van der Waals surface area contributed by atoms with E-state index in [4.69, 9.17) is 31.6 Å². The first kappa shape index (κ1) is 14.9. The standard InChI is InChI=1S/C14H13ClN2O2/c1-9(2)19-14-6-12(15)11(5-13(14)18-3)4-10(7-16)8-17/h4-6,9H,1-3H3. The summed E-state index contributed by atoms with van der Waals surface area (Å²) < 4.78 is 10.8. The third-order valence-electron chi connectivity index (χ3n) is 2.19. The van der Waals surface area contributed by atoms with Crippen molar-refractivity contribution in [2.24, 2.45) is 0 Å². The average Bonchev–Trinajstić information content (AvgIpc) is 2.37. The Morgan fingerprint density at radius 1 is 1.26 bits per heavy atom. The van der Waals surface area contributed by atoms with Crippen LogP contribution in [0.3, 0.4) is 0 Å². The van der Waals surface area contributed by atoms with Gasteiger partial charge in [-0.1, -0.05) is 11.6 Å². The number of methoxy groups -OCH3 is 1. The molecule has 0 aliphatic rings.